The zero-order chi connectivity index (χ0) is 19.2. The summed E-state index contributed by atoms with van der Waals surface area (Å²) in [6.45, 7) is 3.30. The van der Waals surface area contributed by atoms with Crippen molar-refractivity contribution in [1.29, 1.82) is 0 Å². The third-order valence-electron chi connectivity index (χ3n) is 2.70. The molecule has 0 saturated heterocycles. The standard InChI is InChI=1S/C16H20F2N2O5/c1-9(12(21)19-15(23)20-16(2,3)4)24-13(22)10-7-5-6-8-11(10)25-14(17)18/h5-9,14H,1-4H3,(H2,19,20,21,23)/t9-/m0/s1. The number of urea groups is 1. The van der Waals surface area contributed by atoms with Gasteiger partial charge in [-0.05, 0) is 39.8 Å². The van der Waals surface area contributed by atoms with Gasteiger partial charge in [0.1, 0.15) is 11.3 Å². The Hall–Kier alpha value is -2.71. The second kappa shape index (κ2) is 8.41. The van der Waals surface area contributed by atoms with E-state index in [4.69, 9.17) is 4.74 Å². The normalized spacial score (nSPS) is 12.3. The number of alkyl halides is 2. The summed E-state index contributed by atoms with van der Waals surface area (Å²) in [6, 6.07) is 4.47. The number of rotatable bonds is 5. The average molecular weight is 358 g/mol. The molecule has 1 atom stereocenters. The number of halogens is 2. The first-order valence-electron chi connectivity index (χ1n) is 7.37. The van der Waals surface area contributed by atoms with E-state index in [1.54, 1.807) is 20.8 Å². The Kier molecular flexibility index (Phi) is 6.84. The second-order valence-electron chi connectivity index (χ2n) is 6.12. The van der Waals surface area contributed by atoms with E-state index in [0.717, 1.165) is 0 Å². The average Bonchev–Trinajstić information content (AvgIpc) is 2.44. The largest absolute Gasteiger partial charge is 0.449 e. The van der Waals surface area contributed by atoms with E-state index in [9.17, 15) is 23.2 Å². The molecule has 3 amide bonds. The molecule has 0 fully saturated rings. The molecule has 0 aliphatic rings. The van der Waals surface area contributed by atoms with Crippen molar-refractivity contribution >= 4 is 17.9 Å². The van der Waals surface area contributed by atoms with E-state index in [2.05, 4.69) is 10.1 Å². The molecule has 0 bridgehead atoms. The maximum Gasteiger partial charge on any atom is 0.387 e. The molecule has 0 aromatic heterocycles. The molecule has 0 heterocycles. The van der Waals surface area contributed by atoms with Crippen molar-refractivity contribution in [3.8, 4) is 5.75 Å². The first kappa shape index (κ1) is 20.3. The predicted octanol–water partition coefficient (Wildman–Crippen LogP) is 2.46. The summed E-state index contributed by atoms with van der Waals surface area (Å²) in [4.78, 5) is 35.5. The lowest BCUT2D eigenvalue weighted by molar-refractivity contribution is -0.128. The highest BCUT2D eigenvalue weighted by Crippen LogP contribution is 2.21. The zero-order valence-corrected chi connectivity index (χ0v) is 14.3. The van der Waals surface area contributed by atoms with Gasteiger partial charge in [0.15, 0.2) is 6.10 Å². The third-order valence-corrected chi connectivity index (χ3v) is 2.70. The molecule has 1 aromatic carbocycles. The molecule has 138 valence electrons. The van der Waals surface area contributed by atoms with E-state index in [0.29, 0.717) is 0 Å². The van der Waals surface area contributed by atoms with Crippen molar-refractivity contribution in [3.05, 3.63) is 29.8 Å². The number of imide groups is 1. The third kappa shape index (κ3) is 7.15. The van der Waals surface area contributed by atoms with Crippen molar-refractivity contribution in [3.63, 3.8) is 0 Å². The maximum absolute atomic E-state index is 12.4. The number of hydrogen-bond donors (Lipinski definition) is 2. The van der Waals surface area contributed by atoms with Gasteiger partial charge in [-0.1, -0.05) is 12.1 Å². The van der Waals surface area contributed by atoms with Crippen molar-refractivity contribution in [1.82, 2.24) is 10.6 Å². The van der Waals surface area contributed by atoms with Gasteiger partial charge < -0.3 is 14.8 Å². The van der Waals surface area contributed by atoms with Crippen LogP contribution in [0.3, 0.4) is 0 Å². The highest BCUT2D eigenvalue weighted by molar-refractivity contribution is 5.99. The van der Waals surface area contributed by atoms with Crippen LogP contribution in [0.1, 0.15) is 38.1 Å². The van der Waals surface area contributed by atoms with Crippen molar-refractivity contribution in [2.24, 2.45) is 0 Å². The van der Waals surface area contributed by atoms with E-state index in [-0.39, 0.29) is 11.3 Å². The summed E-state index contributed by atoms with van der Waals surface area (Å²) in [5.74, 6) is -2.27. The van der Waals surface area contributed by atoms with E-state index in [1.807, 2.05) is 5.32 Å². The van der Waals surface area contributed by atoms with Crippen LogP contribution in [0.15, 0.2) is 24.3 Å². The second-order valence-corrected chi connectivity index (χ2v) is 6.12. The van der Waals surface area contributed by atoms with Crippen LogP contribution in [-0.2, 0) is 9.53 Å². The molecule has 0 radical (unpaired) electrons. The van der Waals surface area contributed by atoms with Gasteiger partial charge in [0.2, 0.25) is 0 Å². The molecule has 2 N–H and O–H groups in total. The van der Waals surface area contributed by atoms with E-state index < -0.39 is 36.2 Å². The highest BCUT2D eigenvalue weighted by atomic mass is 19.3. The number of esters is 1. The van der Waals surface area contributed by atoms with Crippen LogP contribution < -0.4 is 15.4 Å². The molecule has 25 heavy (non-hydrogen) atoms. The Morgan fingerprint density at radius 2 is 1.72 bits per heavy atom. The van der Waals surface area contributed by atoms with Crippen LogP contribution in [0.2, 0.25) is 0 Å². The number of nitrogens with one attached hydrogen (secondary N) is 2. The maximum atomic E-state index is 12.4. The number of ether oxygens (including phenoxy) is 2. The van der Waals surface area contributed by atoms with Crippen LogP contribution in [0.25, 0.3) is 0 Å². The van der Waals surface area contributed by atoms with Gasteiger partial charge >= 0.3 is 18.6 Å². The predicted molar refractivity (Wildman–Crippen MR) is 84.4 cm³/mol. The molecule has 0 aliphatic heterocycles. The summed E-state index contributed by atoms with van der Waals surface area (Å²) in [6.07, 6.45) is -1.32. The molecule has 9 heteroatoms. The number of hydrogen-bond acceptors (Lipinski definition) is 5. The van der Waals surface area contributed by atoms with Crippen molar-refractivity contribution in [2.45, 2.75) is 45.9 Å². The molecule has 1 rings (SSSR count). The molecular formula is C16H20F2N2O5. The highest BCUT2D eigenvalue weighted by Gasteiger charge is 2.24. The van der Waals surface area contributed by atoms with Crippen LogP contribution in [0.5, 0.6) is 5.75 Å². The quantitative estimate of drug-likeness (QED) is 0.789. The summed E-state index contributed by atoms with van der Waals surface area (Å²) in [5.41, 5.74) is -0.822. The van der Waals surface area contributed by atoms with Gasteiger partial charge in [-0.15, -0.1) is 0 Å². The zero-order valence-electron chi connectivity index (χ0n) is 14.3. The number of amides is 3. The lowest BCUT2D eigenvalue weighted by Gasteiger charge is -2.21. The Morgan fingerprint density at radius 1 is 1.12 bits per heavy atom. The van der Waals surface area contributed by atoms with E-state index >= 15 is 0 Å². The monoisotopic (exact) mass is 358 g/mol. The SMILES string of the molecule is C[C@H](OC(=O)c1ccccc1OC(F)F)C(=O)NC(=O)NC(C)(C)C. The lowest BCUT2D eigenvalue weighted by atomic mass is 10.1. The Morgan fingerprint density at radius 3 is 2.28 bits per heavy atom. The minimum Gasteiger partial charge on any atom is -0.449 e. The number of carbonyl (C=O) groups excluding carboxylic acids is 3. The van der Waals surface area contributed by atoms with Crippen LogP contribution in [-0.4, -0.2) is 36.2 Å². The Bertz CT molecular complexity index is 644. The molecule has 7 nitrogen and oxygen atoms in total. The number of para-hydroxylation sites is 1. The fourth-order valence-electron chi connectivity index (χ4n) is 1.70. The smallest absolute Gasteiger partial charge is 0.387 e. The number of benzene rings is 1. The van der Waals surface area contributed by atoms with Crippen molar-refractivity contribution in [2.75, 3.05) is 0 Å². The van der Waals surface area contributed by atoms with Crippen molar-refractivity contribution < 1.29 is 32.6 Å². The topological polar surface area (TPSA) is 93.7 Å². The first-order chi connectivity index (χ1) is 11.5. The molecular weight excluding hydrogens is 338 g/mol. The van der Waals surface area contributed by atoms with Crippen LogP contribution in [0.4, 0.5) is 13.6 Å². The summed E-state index contributed by atoms with van der Waals surface area (Å²) < 4.78 is 33.8. The summed E-state index contributed by atoms with van der Waals surface area (Å²) >= 11 is 0. The first-order valence-corrected chi connectivity index (χ1v) is 7.37. The van der Waals surface area contributed by atoms with Crippen LogP contribution >= 0.6 is 0 Å². The number of carbonyl (C=O) groups is 3. The molecule has 0 saturated carbocycles. The Labute approximate surface area is 143 Å². The fraction of sp³-hybridized carbons (Fsp3) is 0.438. The molecule has 0 unspecified atom stereocenters. The van der Waals surface area contributed by atoms with Gasteiger partial charge in [0.25, 0.3) is 5.91 Å². The molecule has 0 aliphatic carbocycles. The summed E-state index contributed by atoms with van der Waals surface area (Å²) in [5, 5.41) is 4.53. The fourth-order valence-corrected chi connectivity index (χ4v) is 1.70. The molecule has 1 aromatic rings. The minimum absolute atomic E-state index is 0.262. The lowest BCUT2D eigenvalue weighted by Crippen LogP contribution is -2.50. The van der Waals surface area contributed by atoms with Gasteiger partial charge in [0, 0.05) is 5.54 Å². The van der Waals surface area contributed by atoms with Gasteiger partial charge in [-0.25, -0.2) is 9.59 Å². The molecule has 0 spiro atoms. The Balaban J connectivity index is 2.71. The van der Waals surface area contributed by atoms with E-state index in [1.165, 1.54) is 31.2 Å². The summed E-state index contributed by atoms with van der Waals surface area (Å²) in [7, 11) is 0. The van der Waals surface area contributed by atoms with Gasteiger partial charge in [0.05, 0.1) is 0 Å². The minimum atomic E-state index is -3.12. The van der Waals surface area contributed by atoms with Gasteiger partial charge in [-0.3, -0.25) is 10.1 Å². The van der Waals surface area contributed by atoms with Gasteiger partial charge in [-0.2, -0.15) is 8.78 Å². The van der Waals surface area contributed by atoms with Crippen LogP contribution in [0, 0.1) is 0 Å².